The average molecular weight is 488 g/mol. The quantitative estimate of drug-likeness (QED) is 0.190. The molecule has 35 heavy (non-hydrogen) atoms. The molecule has 1 saturated heterocycles. The van der Waals surface area contributed by atoms with Crippen molar-refractivity contribution >= 4 is 45.6 Å². The van der Waals surface area contributed by atoms with Crippen LogP contribution in [0.4, 0.5) is 14.9 Å². The van der Waals surface area contributed by atoms with Gasteiger partial charge in [-0.25, -0.2) is 4.39 Å². The highest BCUT2D eigenvalue weighted by molar-refractivity contribution is 8.18. The lowest BCUT2D eigenvalue weighted by Gasteiger charge is -2.12. The van der Waals surface area contributed by atoms with Gasteiger partial charge in [-0.2, -0.15) is 0 Å². The van der Waals surface area contributed by atoms with Gasteiger partial charge in [-0.1, -0.05) is 48.5 Å². The van der Waals surface area contributed by atoms with E-state index in [1.807, 2.05) is 35.0 Å². The molecule has 1 aromatic heterocycles. The minimum atomic E-state index is -0.528. The molecule has 0 bridgehead atoms. The second-order valence-electron chi connectivity index (χ2n) is 8.01. The van der Waals surface area contributed by atoms with Crippen molar-refractivity contribution in [1.29, 1.82) is 0 Å². The summed E-state index contributed by atoms with van der Waals surface area (Å²) in [5, 5.41) is 11.7. The molecule has 2 amide bonds. The fraction of sp³-hybridized carbons (Fsp3) is 0.0769. The van der Waals surface area contributed by atoms with Crippen LogP contribution < -0.4 is 0 Å². The van der Waals surface area contributed by atoms with E-state index in [-0.39, 0.29) is 28.5 Å². The summed E-state index contributed by atoms with van der Waals surface area (Å²) in [5.74, 6) is -0.795. The van der Waals surface area contributed by atoms with Gasteiger partial charge in [-0.3, -0.25) is 24.6 Å². The lowest BCUT2D eigenvalue weighted by Crippen LogP contribution is -2.27. The van der Waals surface area contributed by atoms with E-state index in [0.29, 0.717) is 6.54 Å². The van der Waals surface area contributed by atoms with E-state index in [0.717, 1.165) is 38.7 Å². The Morgan fingerprint density at radius 1 is 0.943 bits per heavy atom. The Bertz CT molecular complexity index is 1510. The van der Waals surface area contributed by atoms with Gasteiger partial charge in [-0.15, -0.1) is 0 Å². The molecule has 0 atom stereocenters. The summed E-state index contributed by atoms with van der Waals surface area (Å²) < 4.78 is 15.3. The van der Waals surface area contributed by atoms with E-state index in [4.69, 9.17) is 0 Å². The third-order valence-electron chi connectivity index (χ3n) is 5.76. The van der Waals surface area contributed by atoms with Crippen LogP contribution in [0.2, 0.25) is 0 Å². The highest BCUT2D eigenvalue weighted by atomic mass is 32.2. The zero-order chi connectivity index (χ0) is 24.5. The summed E-state index contributed by atoms with van der Waals surface area (Å²) in [6.07, 6.45) is 3.57. The lowest BCUT2D eigenvalue weighted by molar-refractivity contribution is -0.385. The maximum atomic E-state index is 13.3. The van der Waals surface area contributed by atoms with Gasteiger partial charge in [0, 0.05) is 40.8 Å². The second-order valence-corrected chi connectivity index (χ2v) is 9.00. The Kier molecular flexibility index (Phi) is 5.92. The predicted molar refractivity (Wildman–Crippen MR) is 132 cm³/mol. The van der Waals surface area contributed by atoms with Crippen molar-refractivity contribution in [3.63, 3.8) is 0 Å². The summed E-state index contributed by atoms with van der Waals surface area (Å²) >= 11 is 0.811. The summed E-state index contributed by atoms with van der Waals surface area (Å²) in [6.45, 7) is 0.333. The fourth-order valence-corrected chi connectivity index (χ4v) is 4.91. The normalized spacial score (nSPS) is 14.9. The zero-order valence-electron chi connectivity index (χ0n) is 18.3. The third-order valence-corrected chi connectivity index (χ3v) is 6.67. The number of hydrogen-bond acceptors (Lipinski definition) is 5. The molecule has 1 fully saturated rings. The van der Waals surface area contributed by atoms with Crippen molar-refractivity contribution in [3.8, 4) is 0 Å². The molecule has 0 radical (unpaired) electrons. The molecular weight excluding hydrogens is 469 g/mol. The largest absolute Gasteiger partial charge is 0.342 e. The van der Waals surface area contributed by atoms with E-state index in [2.05, 4.69) is 0 Å². The number of thioether (sulfide) groups is 1. The number of rotatable bonds is 6. The first-order valence-electron chi connectivity index (χ1n) is 10.7. The topological polar surface area (TPSA) is 85.5 Å². The third kappa shape index (κ3) is 4.45. The van der Waals surface area contributed by atoms with Crippen molar-refractivity contribution in [2.75, 3.05) is 0 Å². The Hall–Kier alpha value is -4.24. The minimum Gasteiger partial charge on any atom is -0.342 e. The van der Waals surface area contributed by atoms with E-state index in [9.17, 15) is 24.1 Å². The molecule has 5 rings (SSSR count). The van der Waals surface area contributed by atoms with Crippen LogP contribution in [0.3, 0.4) is 0 Å². The van der Waals surface area contributed by atoms with Gasteiger partial charge < -0.3 is 4.57 Å². The van der Waals surface area contributed by atoms with Crippen LogP contribution in [0.25, 0.3) is 17.0 Å². The number of para-hydroxylation sites is 2. The zero-order valence-corrected chi connectivity index (χ0v) is 19.1. The lowest BCUT2D eigenvalue weighted by atomic mass is 10.1. The molecule has 4 aromatic rings. The molecule has 2 heterocycles. The molecule has 9 heteroatoms. The van der Waals surface area contributed by atoms with Crippen LogP contribution in [0, 0.1) is 15.9 Å². The van der Waals surface area contributed by atoms with Crippen molar-refractivity contribution in [2.24, 2.45) is 0 Å². The Labute approximate surface area is 203 Å². The van der Waals surface area contributed by atoms with Crippen LogP contribution in [0.15, 0.2) is 83.9 Å². The molecule has 7 nitrogen and oxygen atoms in total. The summed E-state index contributed by atoms with van der Waals surface area (Å²) in [4.78, 5) is 37.8. The molecule has 0 N–H and O–H groups in total. The summed E-state index contributed by atoms with van der Waals surface area (Å²) in [7, 11) is 0. The number of carbonyl (C=O) groups is 2. The number of nitrogens with zero attached hydrogens (tertiary/aromatic N) is 3. The standard InChI is InChI=1S/C26H18FN3O4S/c27-20-11-9-17(10-12-20)14-28-15-19(21-6-2-4-8-23(21)28)13-24-25(31)29(26(32)35-24)16-18-5-1-3-7-22(18)30(33)34/h1-13,15H,14,16H2/b24-13-. The van der Waals surface area contributed by atoms with Gasteiger partial charge in [0.1, 0.15) is 5.82 Å². The molecule has 0 aliphatic carbocycles. The number of benzene rings is 3. The molecular formula is C26H18FN3O4S. The van der Waals surface area contributed by atoms with Crippen molar-refractivity contribution in [3.05, 3.63) is 117 Å². The molecule has 0 saturated carbocycles. The van der Waals surface area contributed by atoms with Crippen LogP contribution in [-0.4, -0.2) is 25.5 Å². The number of hydrogen-bond donors (Lipinski definition) is 0. The number of amides is 2. The number of aromatic nitrogens is 1. The highest BCUT2D eigenvalue weighted by Crippen LogP contribution is 2.36. The molecule has 174 valence electrons. The van der Waals surface area contributed by atoms with Crippen molar-refractivity contribution in [2.45, 2.75) is 13.1 Å². The maximum Gasteiger partial charge on any atom is 0.293 e. The number of nitro benzene ring substituents is 1. The van der Waals surface area contributed by atoms with Gasteiger partial charge in [0.05, 0.1) is 16.4 Å². The summed E-state index contributed by atoms with van der Waals surface area (Å²) in [5.41, 5.74) is 2.76. The first kappa shape index (κ1) is 22.5. The summed E-state index contributed by atoms with van der Waals surface area (Å²) in [6, 6.07) is 20.0. The van der Waals surface area contributed by atoms with Gasteiger partial charge in [-0.05, 0) is 41.6 Å². The highest BCUT2D eigenvalue weighted by Gasteiger charge is 2.36. The van der Waals surface area contributed by atoms with E-state index in [1.165, 1.54) is 30.3 Å². The van der Waals surface area contributed by atoms with E-state index < -0.39 is 16.1 Å². The molecule has 0 spiro atoms. The average Bonchev–Trinajstić information content (AvgIpc) is 3.33. The SMILES string of the molecule is O=C1S/C(=C\c2cn(Cc3ccc(F)cc3)c3ccccc23)C(=O)N1Cc1ccccc1[N+](=O)[O-]. The van der Waals surface area contributed by atoms with Gasteiger partial charge in [0.15, 0.2) is 0 Å². The van der Waals surface area contributed by atoms with Crippen molar-refractivity contribution < 1.29 is 18.9 Å². The minimum absolute atomic E-state index is 0.139. The smallest absolute Gasteiger partial charge is 0.293 e. The monoisotopic (exact) mass is 487 g/mol. The maximum absolute atomic E-state index is 13.3. The number of imide groups is 1. The number of fused-ring (bicyclic) bond motifs is 1. The van der Waals surface area contributed by atoms with Gasteiger partial charge in [0.2, 0.25) is 0 Å². The Morgan fingerprint density at radius 3 is 2.43 bits per heavy atom. The second kappa shape index (κ2) is 9.19. The Morgan fingerprint density at radius 2 is 1.66 bits per heavy atom. The van der Waals surface area contributed by atoms with E-state index in [1.54, 1.807) is 24.3 Å². The number of halogens is 1. The predicted octanol–water partition coefficient (Wildman–Crippen LogP) is 5.97. The number of nitro groups is 1. The van der Waals surface area contributed by atoms with Crippen LogP contribution >= 0.6 is 11.8 Å². The first-order valence-corrected chi connectivity index (χ1v) is 11.5. The number of carbonyl (C=O) groups excluding carboxylic acids is 2. The van der Waals surface area contributed by atoms with Crippen LogP contribution in [0.5, 0.6) is 0 Å². The van der Waals surface area contributed by atoms with Crippen LogP contribution in [-0.2, 0) is 17.9 Å². The van der Waals surface area contributed by atoms with Gasteiger partial charge >= 0.3 is 0 Å². The fourth-order valence-electron chi connectivity index (χ4n) is 4.08. The van der Waals surface area contributed by atoms with Crippen LogP contribution in [0.1, 0.15) is 16.7 Å². The molecule has 1 aliphatic heterocycles. The van der Waals surface area contributed by atoms with Crippen molar-refractivity contribution in [1.82, 2.24) is 9.47 Å². The van der Waals surface area contributed by atoms with E-state index >= 15 is 0 Å². The van der Waals surface area contributed by atoms with Gasteiger partial charge in [0.25, 0.3) is 16.8 Å². The first-order chi connectivity index (χ1) is 16.9. The molecule has 3 aromatic carbocycles. The molecule has 1 aliphatic rings. The molecule has 0 unspecified atom stereocenters. The Balaban J connectivity index is 1.46.